The SMILES string of the molecule is CC(C)c1cc([C@@H]2CC(=O)Nc3c2c(-c2cccnc2)nn3C)on1. The van der Waals surface area contributed by atoms with Gasteiger partial charge in [-0.2, -0.15) is 5.10 Å². The van der Waals surface area contributed by atoms with Crippen molar-refractivity contribution in [3.8, 4) is 11.3 Å². The van der Waals surface area contributed by atoms with Gasteiger partial charge in [-0.15, -0.1) is 0 Å². The summed E-state index contributed by atoms with van der Waals surface area (Å²) in [6.45, 7) is 4.12. The van der Waals surface area contributed by atoms with Crippen LogP contribution in [-0.4, -0.2) is 25.8 Å². The van der Waals surface area contributed by atoms with E-state index in [1.807, 2.05) is 25.2 Å². The van der Waals surface area contributed by atoms with E-state index in [9.17, 15) is 4.79 Å². The molecule has 0 saturated heterocycles. The average molecular weight is 337 g/mol. The Hall–Kier alpha value is -2.96. The smallest absolute Gasteiger partial charge is 0.226 e. The van der Waals surface area contributed by atoms with Crippen molar-refractivity contribution in [1.82, 2.24) is 19.9 Å². The first-order chi connectivity index (χ1) is 12.0. The van der Waals surface area contributed by atoms with Gasteiger partial charge >= 0.3 is 0 Å². The third-order valence-corrected chi connectivity index (χ3v) is 4.50. The molecule has 3 aromatic heterocycles. The molecule has 0 spiro atoms. The van der Waals surface area contributed by atoms with E-state index >= 15 is 0 Å². The maximum Gasteiger partial charge on any atom is 0.226 e. The summed E-state index contributed by atoms with van der Waals surface area (Å²) in [6.07, 6.45) is 3.80. The van der Waals surface area contributed by atoms with Crippen LogP contribution in [-0.2, 0) is 11.8 Å². The van der Waals surface area contributed by atoms with Crippen LogP contribution >= 0.6 is 0 Å². The first-order valence-corrected chi connectivity index (χ1v) is 8.28. The summed E-state index contributed by atoms with van der Waals surface area (Å²) < 4.78 is 7.28. The molecule has 1 aliphatic rings. The molecule has 0 aliphatic carbocycles. The fraction of sp³-hybridized carbons (Fsp3) is 0.333. The van der Waals surface area contributed by atoms with Gasteiger partial charge in [0.2, 0.25) is 5.91 Å². The second kappa shape index (κ2) is 5.84. The number of carbonyl (C=O) groups excluding carboxylic acids is 1. The molecule has 7 nitrogen and oxygen atoms in total. The number of hydrogen-bond acceptors (Lipinski definition) is 5. The lowest BCUT2D eigenvalue weighted by Gasteiger charge is -2.21. The summed E-state index contributed by atoms with van der Waals surface area (Å²) in [7, 11) is 1.82. The molecule has 4 heterocycles. The van der Waals surface area contributed by atoms with Gasteiger partial charge in [-0.1, -0.05) is 19.0 Å². The molecular formula is C18H19N5O2. The lowest BCUT2D eigenvalue weighted by molar-refractivity contribution is -0.116. The van der Waals surface area contributed by atoms with Crippen LogP contribution in [0.5, 0.6) is 0 Å². The monoisotopic (exact) mass is 337 g/mol. The van der Waals surface area contributed by atoms with Crippen LogP contribution in [0.2, 0.25) is 0 Å². The van der Waals surface area contributed by atoms with Crippen LogP contribution in [0.4, 0.5) is 5.82 Å². The summed E-state index contributed by atoms with van der Waals surface area (Å²) in [5.74, 6) is 1.38. The molecule has 4 rings (SSSR count). The number of pyridine rings is 1. The van der Waals surface area contributed by atoms with Crippen LogP contribution in [0.25, 0.3) is 11.3 Å². The minimum Gasteiger partial charge on any atom is -0.360 e. The van der Waals surface area contributed by atoms with Crippen molar-refractivity contribution < 1.29 is 9.32 Å². The topological polar surface area (TPSA) is 85.8 Å². The number of carbonyl (C=O) groups is 1. The fourth-order valence-corrected chi connectivity index (χ4v) is 3.19. The fourth-order valence-electron chi connectivity index (χ4n) is 3.19. The van der Waals surface area contributed by atoms with Crippen LogP contribution < -0.4 is 5.32 Å². The van der Waals surface area contributed by atoms with Gasteiger partial charge in [-0.3, -0.25) is 14.5 Å². The van der Waals surface area contributed by atoms with E-state index in [-0.39, 0.29) is 17.7 Å². The number of anilines is 1. The summed E-state index contributed by atoms with van der Waals surface area (Å²) >= 11 is 0. The maximum atomic E-state index is 12.2. The largest absolute Gasteiger partial charge is 0.360 e. The van der Waals surface area contributed by atoms with Crippen molar-refractivity contribution in [3.05, 3.63) is 47.6 Å². The second-order valence-electron chi connectivity index (χ2n) is 6.59. The summed E-state index contributed by atoms with van der Waals surface area (Å²) in [6, 6.07) is 5.78. The zero-order chi connectivity index (χ0) is 17.6. The minimum atomic E-state index is -0.215. The number of hydrogen-bond donors (Lipinski definition) is 1. The average Bonchev–Trinajstić information content (AvgIpc) is 3.21. The molecule has 1 amide bonds. The summed E-state index contributed by atoms with van der Waals surface area (Å²) in [5, 5.41) is 11.7. The van der Waals surface area contributed by atoms with Gasteiger partial charge in [0.15, 0.2) is 0 Å². The number of nitrogens with zero attached hydrogens (tertiary/aromatic N) is 4. The third-order valence-electron chi connectivity index (χ3n) is 4.50. The van der Waals surface area contributed by atoms with Crippen molar-refractivity contribution >= 4 is 11.7 Å². The highest BCUT2D eigenvalue weighted by molar-refractivity contribution is 5.96. The van der Waals surface area contributed by atoms with Crippen molar-refractivity contribution in [1.29, 1.82) is 0 Å². The predicted molar refractivity (Wildman–Crippen MR) is 92.1 cm³/mol. The van der Waals surface area contributed by atoms with Gasteiger partial charge in [-0.25, -0.2) is 0 Å². The number of nitrogens with one attached hydrogen (secondary N) is 1. The van der Waals surface area contributed by atoms with Gasteiger partial charge < -0.3 is 9.84 Å². The maximum absolute atomic E-state index is 12.2. The van der Waals surface area contributed by atoms with Crippen molar-refractivity contribution in [2.24, 2.45) is 7.05 Å². The molecule has 3 aromatic rings. The molecule has 1 atom stereocenters. The molecule has 0 unspecified atom stereocenters. The van der Waals surface area contributed by atoms with E-state index in [0.29, 0.717) is 18.0 Å². The van der Waals surface area contributed by atoms with E-state index in [0.717, 1.165) is 22.5 Å². The highest BCUT2D eigenvalue weighted by atomic mass is 16.5. The number of fused-ring (bicyclic) bond motifs is 1. The van der Waals surface area contributed by atoms with E-state index in [1.54, 1.807) is 17.1 Å². The number of aryl methyl sites for hydroxylation is 1. The highest BCUT2D eigenvalue weighted by Gasteiger charge is 2.35. The zero-order valence-corrected chi connectivity index (χ0v) is 14.4. The van der Waals surface area contributed by atoms with Gasteiger partial charge in [0.05, 0.1) is 11.6 Å². The van der Waals surface area contributed by atoms with Crippen LogP contribution in [0.15, 0.2) is 35.1 Å². The standard InChI is InChI=1S/C18H19N5O2/c1-10(2)13-8-14(25-22-13)12-7-15(24)20-18-16(12)17(21-23(18)3)11-5-4-6-19-9-11/h4-6,8-10,12H,7H2,1-3H3,(H,20,24)/t12-/m0/s1. The molecular weight excluding hydrogens is 318 g/mol. The normalized spacial score (nSPS) is 16.8. The predicted octanol–water partition coefficient (Wildman–Crippen LogP) is 3.07. The Morgan fingerprint density at radius 3 is 2.92 bits per heavy atom. The molecule has 7 heteroatoms. The van der Waals surface area contributed by atoms with Crippen molar-refractivity contribution in [2.45, 2.75) is 32.1 Å². The molecule has 25 heavy (non-hydrogen) atoms. The number of rotatable bonds is 3. The lowest BCUT2D eigenvalue weighted by atomic mass is 9.88. The van der Waals surface area contributed by atoms with Crippen molar-refractivity contribution in [3.63, 3.8) is 0 Å². The van der Waals surface area contributed by atoms with Crippen LogP contribution in [0, 0.1) is 0 Å². The molecule has 0 bridgehead atoms. The zero-order valence-electron chi connectivity index (χ0n) is 14.4. The summed E-state index contributed by atoms with van der Waals surface area (Å²) in [5.41, 5.74) is 3.54. The van der Waals surface area contributed by atoms with Crippen molar-refractivity contribution in [2.75, 3.05) is 5.32 Å². The van der Waals surface area contributed by atoms with Gasteiger partial charge in [-0.05, 0) is 18.1 Å². The molecule has 0 saturated carbocycles. The first-order valence-electron chi connectivity index (χ1n) is 8.28. The lowest BCUT2D eigenvalue weighted by Crippen LogP contribution is -2.24. The molecule has 128 valence electrons. The Morgan fingerprint density at radius 2 is 2.24 bits per heavy atom. The molecule has 1 aliphatic heterocycles. The number of aromatic nitrogens is 4. The van der Waals surface area contributed by atoms with Gasteiger partial charge in [0.25, 0.3) is 0 Å². The van der Waals surface area contributed by atoms with Crippen LogP contribution in [0.3, 0.4) is 0 Å². The van der Waals surface area contributed by atoms with Gasteiger partial charge in [0, 0.05) is 43.1 Å². The van der Waals surface area contributed by atoms with E-state index < -0.39 is 0 Å². The third kappa shape index (κ3) is 2.61. The first kappa shape index (κ1) is 15.6. The molecule has 0 aromatic carbocycles. The Labute approximate surface area is 145 Å². The van der Waals surface area contributed by atoms with Crippen LogP contribution in [0.1, 0.15) is 49.1 Å². The Morgan fingerprint density at radius 1 is 1.40 bits per heavy atom. The van der Waals surface area contributed by atoms with E-state index in [1.165, 1.54) is 0 Å². The minimum absolute atomic E-state index is 0.0549. The number of amides is 1. The molecule has 0 radical (unpaired) electrons. The highest BCUT2D eigenvalue weighted by Crippen LogP contribution is 2.42. The molecule has 0 fully saturated rings. The Bertz CT molecular complexity index is 926. The molecule has 1 N–H and O–H groups in total. The Balaban J connectivity index is 1.88. The van der Waals surface area contributed by atoms with E-state index in [4.69, 9.17) is 4.52 Å². The van der Waals surface area contributed by atoms with Gasteiger partial charge in [0.1, 0.15) is 17.3 Å². The Kier molecular flexibility index (Phi) is 3.63. The van der Waals surface area contributed by atoms with E-state index in [2.05, 4.69) is 34.4 Å². The second-order valence-corrected chi connectivity index (χ2v) is 6.59. The summed E-state index contributed by atoms with van der Waals surface area (Å²) in [4.78, 5) is 16.4. The quantitative estimate of drug-likeness (QED) is 0.794.